The number of nitrogens with zero attached hydrogens (tertiary/aromatic N) is 2. The van der Waals surface area contributed by atoms with Crippen LogP contribution in [0, 0.1) is 17.3 Å². The molecule has 4 fully saturated rings. The highest BCUT2D eigenvalue weighted by Gasteiger charge is 2.62. The summed E-state index contributed by atoms with van der Waals surface area (Å²) in [6.07, 6.45) is 11.1. The number of hydrogen-bond donors (Lipinski definition) is 3. The number of aromatic nitrogens is 1. The van der Waals surface area contributed by atoms with Gasteiger partial charge in [-0.25, -0.2) is 18.2 Å². The number of ether oxygens (including phenoxy) is 2. The number of benzene rings is 1. The highest BCUT2D eigenvalue weighted by atomic mass is 32.2. The van der Waals surface area contributed by atoms with Crippen LogP contribution in [-0.4, -0.2) is 84.2 Å². The zero-order valence-corrected chi connectivity index (χ0v) is 32.1. The quantitative estimate of drug-likeness (QED) is 0.339. The van der Waals surface area contributed by atoms with E-state index in [1.54, 1.807) is 6.20 Å². The lowest BCUT2D eigenvalue weighted by atomic mass is 9.87. The third-order valence-electron chi connectivity index (χ3n) is 12.0. The van der Waals surface area contributed by atoms with Crippen LogP contribution in [0.4, 0.5) is 4.79 Å². The van der Waals surface area contributed by atoms with Crippen molar-refractivity contribution in [1.29, 1.82) is 0 Å². The van der Waals surface area contributed by atoms with Crippen molar-refractivity contribution < 1.29 is 37.1 Å². The molecule has 3 heterocycles. The van der Waals surface area contributed by atoms with E-state index in [9.17, 15) is 27.6 Å². The molecule has 2 aliphatic heterocycles. The summed E-state index contributed by atoms with van der Waals surface area (Å²) in [5, 5.41) is 6.90. The van der Waals surface area contributed by atoms with Crippen LogP contribution in [0.2, 0.25) is 0 Å². The first-order valence-electron chi connectivity index (χ1n) is 19.6. The van der Waals surface area contributed by atoms with Crippen LogP contribution in [0.1, 0.15) is 96.5 Å². The number of hydrogen-bond acceptors (Lipinski definition) is 9. The van der Waals surface area contributed by atoms with Gasteiger partial charge in [0.15, 0.2) is 0 Å². The molecule has 14 heteroatoms. The topological polar surface area (TPSA) is 173 Å². The van der Waals surface area contributed by atoms with Crippen molar-refractivity contribution >= 4 is 44.6 Å². The maximum Gasteiger partial charge on any atom is 0.407 e. The minimum Gasteiger partial charge on any atom is -0.472 e. The number of carbonyl (C=O) groups excluding carboxylic acids is 4. The van der Waals surface area contributed by atoms with Gasteiger partial charge in [0.1, 0.15) is 23.7 Å². The molecule has 5 aliphatic rings. The van der Waals surface area contributed by atoms with E-state index in [4.69, 9.17) is 9.47 Å². The van der Waals surface area contributed by atoms with E-state index in [1.165, 1.54) is 11.0 Å². The number of cyclic esters (lactones) is 1. The standard InChI is InChI=1S/C40H53N5O8S/c1-4-28-22-40(28,37(48)44-54(50,51)30-15-16-30)43-34(46)32-21-29-23-45(32)36(47)33(27-11-7-8-12-27)42-38(49)52-24-39(2,3)18-9-5-6-10-25-13-14-26-17-19-41-35(53-29)31(26)20-25/h4,13-14,17,19-20,27-30,32-33H,1,5-12,15-16,18,21-24H2,2-3H3,(H,42,49)(H,43,46)(H,44,48). The van der Waals surface area contributed by atoms with Crippen molar-refractivity contribution in [2.45, 2.75) is 126 Å². The first kappa shape index (κ1) is 38.1. The number of rotatable bonds is 7. The van der Waals surface area contributed by atoms with Gasteiger partial charge in [0, 0.05) is 23.9 Å². The molecule has 3 N–H and O–H groups in total. The molecule has 1 aromatic carbocycles. The number of aryl methyl sites for hydroxylation is 1. The van der Waals surface area contributed by atoms with Gasteiger partial charge in [-0.15, -0.1) is 6.58 Å². The Morgan fingerprint density at radius 2 is 1.83 bits per heavy atom. The summed E-state index contributed by atoms with van der Waals surface area (Å²) in [5.74, 6) is -2.11. The molecule has 0 spiro atoms. The summed E-state index contributed by atoms with van der Waals surface area (Å²) in [6.45, 7) is 8.17. The molecule has 1 aromatic heterocycles. The van der Waals surface area contributed by atoms with Crippen molar-refractivity contribution in [3.8, 4) is 5.88 Å². The predicted octanol–water partition coefficient (Wildman–Crippen LogP) is 4.68. The van der Waals surface area contributed by atoms with Crippen LogP contribution in [0.15, 0.2) is 43.1 Å². The van der Waals surface area contributed by atoms with Crippen LogP contribution < -0.4 is 20.1 Å². The fourth-order valence-electron chi connectivity index (χ4n) is 8.45. The average Bonchev–Trinajstić information content (AvgIpc) is 4.01. The SMILES string of the molecule is C=CC1CC1(NC(=O)C1CC2CN1C(=O)C(C1CCCC1)NC(=O)OCC(C)(C)CCCCCc1ccc3ccnc(c3c1)O2)C(=O)NS(=O)(=O)C1CC1. The zero-order chi connectivity index (χ0) is 38.3. The van der Waals surface area contributed by atoms with Gasteiger partial charge in [0.25, 0.3) is 5.91 Å². The summed E-state index contributed by atoms with van der Waals surface area (Å²) >= 11 is 0. The minimum atomic E-state index is -3.88. The molecule has 3 saturated carbocycles. The van der Waals surface area contributed by atoms with Gasteiger partial charge in [-0.1, -0.05) is 57.7 Å². The Hall–Kier alpha value is -4.20. The molecule has 7 rings (SSSR count). The maximum absolute atomic E-state index is 14.7. The maximum atomic E-state index is 14.7. The van der Waals surface area contributed by atoms with E-state index in [-0.39, 0.29) is 37.3 Å². The summed E-state index contributed by atoms with van der Waals surface area (Å²) in [4.78, 5) is 62.0. The summed E-state index contributed by atoms with van der Waals surface area (Å²) in [7, 11) is -3.88. The van der Waals surface area contributed by atoms with Crippen molar-refractivity contribution in [2.24, 2.45) is 17.3 Å². The molecule has 2 aromatic rings. The van der Waals surface area contributed by atoms with Crippen molar-refractivity contribution in [1.82, 2.24) is 25.2 Å². The Balaban J connectivity index is 1.20. The van der Waals surface area contributed by atoms with Crippen LogP contribution in [0.3, 0.4) is 0 Å². The third-order valence-corrected chi connectivity index (χ3v) is 13.8. The Morgan fingerprint density at radius 3 is 2.56 bits per heavy atom. The summed E-state index contributed by atoms with van der Waals surface area (Å²) in [5.41, 5.74) is -0.628. The highest BCUT2D eigenvalue weighted by Crippen LogP contribution is 2.45. The zero-order valence-electron chi connectivity index (χ0n) is 31.3. The van der Waals surface area contributed by atoms with Gasteiger partial charge in [-0.05, 0) is 85.8 Å². The molecular formula is C40H53N5O8S. The first-order valence-corrected chi connectivity index (χ1v) is 21.1. The molecule has 54 heavy (non-hydrogen) atoms. The number of sulfonamides is 1. The normalized spacial score (nSPS) is 29.5. The molecule has 5 unspecified atom stereocenters. The fraction of sp³-hybridized carbons (Fsp3) is 0.625. The van der Waals surface area contributed by atoms with Crippen molar-refractivity contribution in [3.05, 3.63) is 48.7 Å². The molecule has 0 radical (unpaired) electrons. The molecule has 13 nitrogen and oxygen atoms in total. The first-order chi connectivity index (χ1) is 25.8. The van der Waals surface area contributed by atoms with Gasteiger partial charge in [0.2, 0.25) is 27.7 Å². The average molecular weight is 764 g/mol. The largest absolute Gasteiger partial charge is 0.472 e. The number of nitrogens with one attached hydrogen (secondary N) is 3. The third kappa shape index (κ3) is 8.23. The number of alkyl carbamates (subject to hydrolysis) is 1. The predicted molar refractivity (Wildman–Crippen MR) is 202 cm³/mol. The van der Waals surface area contributed by atoms with E-state index in [0.29, 0.717) is 18.7 Å². The van der Waals surface area contributed by atoms with E-state index >= 15 is 0 Å². The molecular weight excluding hydrogens is 711 g/mol. The van der Waals surface area contributed by atoms with Crippen molar-refractivity contribution in [2.75, 3.05) is 13.2 Å². The van der Waals surface area contributed by atoms with E-state index in [2.05, 4.69) is 59.0 Å². The molecule has 4 bridgehead atoms. The highest BCUT2D eigenvalue weighted by molar-refractivity contribution is 7.91. The van der Waals surface area contributed by atoms with Crippen LogP contribution in [-0.2, 0) is 35.6 Å². The Bertz CT molecular complexity index is 1910. The van der Waals surface area contributed by atoms with Gasteiger partial charge in [0.05, 0.1) is 18.4 Å². The molecule has 292 valence electrons. The second-order valence-corrected chi connectivity index (χ2v) is 18.8. The Morgan fingerprint density at radius 1 is 1.06 bits per heavy atom. The molecule has 1 saturated heterocycles. The second kappa shape index (κ2) is 15.1. The monoisotopic (exact) mass is 763 g/mol. The summed E-state index contributed by atoms with van der Waals surface area (Å²) in [6, 6.07) is 6.17. The molecule has 4 amide bonds. The number of pyridine rings is 1. The Kier molecular flexibility index (Phi) is 10.7. The molecule has 3 aliphatic carbocycles. The summed E-state index contributed by atoms with van der Waals surface area (Å²) < 4.78 is 40.0. The molecule has 5 atom stereocenters. The van der Waals surface area contributed by atoms with Crippen molar-refractivity contribution in [3.63, 3.8) is 0 Å². The van der Waals surface area contributed by atoms with Gasteiger partial charge in [-0.2, -0.15) is 0 Å². The van der Waals surface area contributed by atoms with Crippen LogP contribution >= 0.6 is 0 Å². The lowest BCUT2D eigenvalue weighted by Gasteiger charge is -2.32. The van der Waals surface area contributed by atoms with E-state index in [1.807, 2.05) is 6.07 Å². The van der Waals surface area contributed by atoms with Gasteiger partial charge >= 0.3 is 6.09 Å². The fourth-order valence-corrected chi connectivity index (χ4v) is 9.82. The smallest absolute Gasteiger partial charge is 0.407 e. The van der Waals surface area contributed by atoms with Gasteiger partial charge < -0.3 is 25.0 Å². The lowest BCUT2D eigenvalue weighted by molar-refractivity contribution is -0.142. The lowest BCUT2D eigenvalue weighted by Crippen LogP contribution is -2.59. The van der Waals surface area contributed by atoms with E-state index in [0.717, 1.165) is 74.1 Å². The van der Waals surface area contributed by atoms with Crippen LogP contribution in [0.5, 0.6) is 5.88 Å². The number of carbonyl (C=O) groups is 4. The van der Waals surface area contributed by atoms with Crippen LogP contribution in [0.25, 0.3) is 10.8 Å². The number of amides is 4. The Labute approximate surface area is 317 Å². The minimum absolute atomic E-state index is 0.0296. The van der Waals surface area contributed by atoms with E-state index < -0.39 is 68.7 Å². The second-order valence-electron chi connectivity index (χ2n) is 16.8. The van der Waals surface area contributed by atoms with Gasteiger partial charge in [-0.3, -0.25) is 19.1 Å². The number of fused-ring (bicyclic) bond motifs is 3.